The van der Waals surface area contributed by atoms with Gasteiger partial charge in [0.2, 0.25) is 0 Å². The van der Waals surface area contributed by atoms with Crippen molar-refractivity contribution in [1.82, 2.24) is 4.98 Å². The predicted octanol–water partition coefficient (Wildman–Crippen LogP) is 4.77. The molecule has 3 rings (SSSR count). The normalized spacial score (nSPS) is 15.6. The third kappa shape index (κ3) is 4.28. The van der Waals surface area contributed by atoms with Crippen molar-refractivity contribution >= 4 is 29.1 Å². The summed E-state index contributed by atoms with van der Waals surface area (Å²) in [6, 6.07) is 9.41. The van der Waals surface area contributed by atoms with Gasteiger partial charge in [-0.1, -0.05) is 28.9 Å². The van der Waals surface area contributed by atoms with Crippen molar-refractivity contribution in [2.45, 2.75) is 43.6 Å². The summed E-state index contributed by atoms with van der Waals surface area (Å²) in [4.78, 5) is 21.7. The molecule has 0 amide bonds. The van der Waals surface area contributed by atoms with E-state index in [2.05, 4.69) is 10.1 Å². The van der Waals surface area contributed by atoms with Crippen LogP contribution in [0.4, 0.5) is 0 Å². The zero-order valence-electron chi connectivity index (χ0n) is 14.3. The SMILES string of the molecule is CSc1ccc(C(=NOC2CCCC2)c2ccc(C)c(=O)[nH]2)cc1Cl. The van der Waals surface area contributed by atoms with Crippen molar-refractivity contribution in [3.05, 3.63) is 62.5 Å². The maximum Gasteiger partial charge on any atom is 0.251 e. The topological polar surface area (TPSA) is 54.4 Å². The molecule has 132 valence electrons. The van der Waals surface area contributed by atoms with E-state index in [1.165, 1.54) is 12.8 Å². The van der Waals surface area contributed by atoms with Crippen LogP contribution in [0.2, 0.25) is 5.02 Å². The van der Waals surface area contributed by atoms with Crippen molar-refractivity contribution in [3.63, 3.8) is 0 Å². The van der Waals surface area contributed by atoms with E-state index in [9.17, 15) is 4.79 Å². The van der Waals surface area contributed by atoms with Crippen molar-refractivity contribution in [1.29, 1.82) is 0 Å². The lowest BCUT2D eigenvalue weighted by molar-refractivity contribution is 0.0647. The Balaban J connectivity index is 2.01. The molecule has 1 fully saturated rings. The van der Waals surface area contributed by atoms with Crippen molar-refractivity contribution in [3.8, 4) is 0 Å². The van der Waals surface area contributed by atoms with Crippen molar-refractivity contribution in [2.75, 3.05) is 6.26 Å². The second-order valence-corrected chi connectivity index (χ2v) is 7.44. The number of aromatic amines is 1. The second kappa shape index (κ2) is 8.11. The molecular formula is C19H21ClN2O2S. The zero-order chi connectivity index (χ0) is 17.8. The van der Waals surface area contributed by atoms with Gasteiger partial charge in [-0.25, -0.2) is 0 Å². The molecule has 6 heteroatoms. The smallest absolute Gasteiger partial charge is 0.251 e. The van der Waals surface area contributed by atoms with Gasteiger partial charge in [-0.2, -0.15) is 0 Å². The number of hydrogen-bond donors (Lipinski definition) is 1. The van der Waals surface area contributed by atoms with Gasteiger partial charge >= 0.3 is 0 Å². The van der Waals surface area contributed by atoms with E-state index in [-0.39, 0.29) is 11.7 Å². The molecule has 1 heterocycles. The van der Waals surface area contributed by atoms with Crippen LogP contribution in [-0.4, -0.2) is 23.1 Å². The Morgan fingerprint density at radius 2 is 2.04 bits per heavy atom. The summed E-state index contributed by atoms with van der Waals surface area (Å²) in [7, 11) is 0. The lowest BCUT2D eigenvalue weighted by Gasteiger charge is -2.12. The fourth-order valence-electron chi connectivity index (χ4n) is 2.88. The molecule has 1 aromatic heterocycles. The number of benzene rings is 1. The highest BCUT2D eigenvalue weighted by Gasteiger charge is 2.18. The third-order valence-electron chi connectivity index (χ3n) is 4.38. The number of aryl methyl sites for hydroxylation is 1. The summed E-state index contributed by atoms with van der Waals surface area (Å²) in [6.45, 7) is 1.78. The molecule has 1 aliphatic rings. The zero-order valence-corrected chi connectivity index (χ0v) is 15.9. The molecule has 0 spiro atoms. The number of halogens is 1. The lowest BCUT2D eigenvalue weighted by Crippen LogP contribution is -2.17. The largest absolute Gasteiger partial charge is 0.392 e. The fraction of sp³-hybridized carbons (Fsp3) is 0.368. The van der Waals surface area contributed by atoms with Gasteiger partial charge in [0.15, 0.2) is 0 Å². The second-order valence-electron chi connectivity index (χ2n) is 6.19. The molecule has 1 N–H and O–H groups in total. The van der Waals surface area contributed by atoms with Crippen LogP contribution in [0.5, 0.6) is 0 Å². The third-order valence-corrected chi connectivity index (χ3v) is 5.60. The first-order valence-electron chi connectivity index (χ1n) is 8.36. The van der Waals surface area contributed by atoms with Gasteiger partial charge in [-0.15, -0.1) is 11.8 Å². The van der Waals surface area contributed by atoms with Crippen LogP contribution in [0, 0.1) is 6.92 Å². The summed E-state index contributed by atoms with van der Waals surface area (Å²) in [6.07, 6.45) is 6.52. The summed E-state index contributed by atoms with van der Waals surface area (Å²) < 4.78 is 0. The molecule has 0 unspecified atom stereocenters. The number of H-pyrrole nitrogens is 1. The first kappa shape index (κ1) is 18.1. The minimum atomic E-state index is -0.127. The van der Waals surface area contributed by atoms with Crippen molar-refractivity contribution in [2.24, 2.45) is 5.16 Å². The number of aromatic nitrogens is 1. The van der Waals surface area contributed by atoms with Crippen molar-refractivity contribution < 1.29 is 4.84 Å². The first-order chi connectivity index (χ1) is 12.1. The highest BCUT2D eigenvalue weighted by atomic mass is 35.5. The minimum Gasteiger partial charge on any atom is -0.392 e. The number of nitrogens with one attached hydrogen (secondary N) is 1. The van der Waals surface area contributed by atoms with Gasteiger partial charge in [0.1, 0.15) is 11.8 Å². The van der Waals surface area contributed by atoms with Crippen LogP contribution in [0.25, 0.3) is 0 Å². The van der Waals surface area contributed by atoms with Gasteiger partial charge in [0.05, 0.1) is 10.7 Å². The average Bonchev–Trinajstić information content (AvgIpc) is 3.12. The summed E-state index contributed by atoms with van der Waals surface area (Å²) in [5.74, 6) is 0. The standard InChI is InChI=1S/C19H21ClN2O2S/c1-12-7-9-16(21-19(12)23)18(22-24-14-5-3-4-6-14)13-8-10-17(25-2)15(20)11-13/h7-11,14H,3-6H2,1-2H3,(H,21,23). The Bertz CT molecular complexity index is 842. The Morgan fingerprint density at radius 1 is 1.28 bits per heavy atom. The van der Waals surface area contributed by atoms with Gasteiger partial charge in [0, 0.05) is 16.0 Å². The van der Waals surface area contributed by atoms with E-state index in [0.717, 1.165) is 23.3 Å². The van der Waals surface area contributed by atoms with Crippen LogP contribution in [0.3, 0.4) is 0 Å². The minimum absolute atomic E-state index is 0.127. The van der Waals surface area contributed by atoms with Gasteiger partial charge in [-0.3, -0.25) is 4.79 Å². The summed E-state index contributed by atoms with van der Waals surface area (Å²) in [5, 5.41) is 5.05. The number of pyridine rings is 1. The Labute approximate surface area is 156 Å². The maximum atomic E-state index is 12.0. The number of hydrogen-bond acceptors (Lipinski definition) is 4. The van der Waals surface area contributed by atoms with Crippen LogP contribution < -0.4 is 5.56 Å². The Hall–Kier alpha value is -1.72. The number of oxime groups is 1. The molecule has 0 radical (unpaired) electrons. The van der Waals surface area contributed by atoms with Gasteiger partial charge in [-0.05, 0) is 57.1 Å². The first-order valence-corrected chi connectivity index (χ1v) is 9.97. The predicted molar refractivity (Wildman–Crippen MR) is 104 cm³/mol. The molecule has 0 atom stereocenters. The molecule has 1 saturated carbocycles. The van der Waals surface area contributed by atoms with E-state index in [1.807, 2.05) is 30.5 Å². The van der Waals surface area contributed by atoms with Crippen LogP contribution in [0.1, 0.15) is 42.5 Å². The molecule has 2 aromatic rings. The van der Waals surface area contributed by atoms with Crippen LogP contribution in [-0.2, 0) is 4.84 Å². The molecule has 0 bridgehead atoms. The van der Waals surface area contributed by atoms with E-state index in [1.54, 1.807) is 24.8 Å². The quantitative estimate of drug-likeness (QED) is 0.464. The summed E-state index contributed by atoms with van der Waals surface area (Å²) >= 11 is 7.95. The van der Waals surface area contributed by atoms with E-state index >= 15 is 0 Å². The molecule has 0 saturated heterocycles. The lowest BCUT2D eigenvalue weighted by atomic mass is 10.1. The molecule has 1 aliphatic carbocycles. The molecular weight excluding hydrogens is 356 g/mol. The van der Waals surface area contributed by atoms with Crippen LogP contribution >= 0.6 is 23.4 Å². The van der Waals surface area contributed by atoms with E-state index < -0.39 is 0 Å². The highest BCUT2D eigenvalue weighted by molar-refractivity contribution is 7.98. The summed E-state index contributed by atoms with van der Waals surface area (Å²) in [5.41, 5.74) is 2.58. The van der Waals surface area contributed by atoms with Crippen LogP contribution in [0.15, 0.2) is 45.2 Å². The van der Waals surface area contributed by atoms with E-state index in [0.29, 0.717) is 22.0 Å². The highest BCUT2D eigenvalue weighted by Crippen LogP contribution is 2.27. The average molecular weight is 377 g/mol. The number of thioether (sulfide) groups is 1. The Kier molecular flexibility index (Phi) is 5.86. The molecule has 4 nitrogen and oxygen atoms in total. The monoisotopic (exact) mass is 376 g/mol. The molecule has 25 heavy (non-hydrogen) atoms. The Morgan fingerprint density at radius 3 is 2.68 bits per heavy atom. The number of nitrogens with zero attached hydrogens (tertiary/aromatic N) is 1. The van der Waals surface area contributed by atoms with E-state index in [4.69, 9.17) is 16.4 Å². The molecule has 0 aliphatic heterocycles. The van der Waals surface area contributed by atoms with Gasteiger partial charge in [0.25, 0.3) is 5.56 Å². The number of rotatable bonds is 5. The maximum absolute atomic E-state index is 12.0. The fourth-order valence-corrected chi connectivity index (χ4v) is 3.75. The molecule has 1 aromatic carbocycles. The van der Waals surface area contributed by atoms with Gasteiger partial charge < -0.3 is 9.82 Å².